The molecule has 3 N–H and O–H groups in total. The Morgan fingerprint density at radius 2 is 2.18 bits per heavy atom. The van der Waals surface area contributed by atoms with E-state index in [9.17, 15) is 14.7 Å². The van der Waals surface area contributed by atoms with E-state index in [4.69, 9.17) is 0 Å². The SMILES string of the molecule is C/C=C(C)/C=C/C=C/[C@H]1[C@@H]2C[C@@H]2C2=C(SC[C@H](NC(C)=O)C(=O)O)C=CC[NH+]21. The molecule has 0 radical (unpaired) electrons. The van der Waals surface area contributed by atoms with Crippen LogP contribution in [-0.4, -0.2) is 41.4 Å². The molecule has 5 atom stereocenters. The van der Waals surface area contributed by atoms with Crippen LogP contribution in [0, 0.1) is 11.8 Å². The van der Waals surface area contributed by atoms with Gasteiger partial charge in [0.25, 0.3) is 0 Å². The van der Waals surface area contributed by atoms with Crippen molar-refractivity contribution in [1.29, 1.82) is 0 Å². The van der Waals surface area contributed by atoms with Crippen LogP contribution in [-0.2, 0) is 9.59 Å². The molecule has 3 aliphatic rings. The molecule has 1 unspecified atom stereocenters. The highest BCUT2D eigenvalue weighted by Crippen LogP contribution is 2.51. The summed E-state index contributed by atoms with van der Waals surface area (Å²) in [5, 5.41) is 11.9. The standard InChI is InChI=1S/C22H28N2O3S/c1-4-14(2)8-5-6-9-19-16-12-17(16)21-20(10-7-11-24(19)21)28-13-18(22(26)27)23-15(3)25/h4-10,16-19H,11-13H2,1-3H3,(H,23,25)(H,26,27)/p+1/b8-5+,9-6+,14-4+/t16-,17+,18+,19+/m1/s1. The average molecular weight is 402 g/mol. The summed E-state index contributed by atoms with van der Waals surface area (Å²) in [4.78, 5) is 25.3. The molecular weight excluding hydrogens is 372 g/mol. The third-order valence-corrected chi connectivity index (χ3v) is 6.78. The van der Waals surface area contributed by atoms with Crippen molar-refractivity contribution in [2.24, 2.45) is 11.8 Å². The Morgan fingerprint density at radius 1 is 1.39 bits per heavy atom. The summed E-state index contributed by atoms with van der Waals surface area (Å²) in [5.41, 5.74) is 2.69. The fourth-order valence-corrected chi connectivity index (χ4v) is 5.26. The minimum atomic E-state index is -0.989. The van der Waals surface area contributed by atoms with Gasteiger partial charge in [-0.15, -0.1) is 11.8 Å². The lowest BCUT2D eigenvalue weighted by Crippen LogP contribution is -3.13. The van der Waals surface area contributed by atoms with Crippen molar-refractivity contribution in [2.45, 2.75) is 39.3 Å². The zero-order valence-electron chi connectivity index (χ0n) is 16.6. The average Bonchev–Trinajstić information content (AvgIpc) is 3.38. The van der Waals surface area contributed by atoms with E-state index in [2.05, 4.69) is 54.8 Å². The van der Waals surface area contributed by atoms with Crippen LogP contribution in [0.1, 0.15) is 27.2 Å². The molecule has 1 saturated heterocycles. The molecule has 0 bridgehead atoms. The highest BCUT2D eigenvalue weighted by Gasteiger charge is 2.60. The Bertz CT molecular complexity index is 794. The van der Waals surface area contributed by atoms with Crippen LogP contribution in [0.25, 0.3) is 0 Å². The summed E-state index contributed by atoms with van der Waals surface area (Å²) in [6.45, 7) is 6.46. The lowest BCUT2D eigenvalue weighted by molar-refractivity contribution is -0.869. The summed E-state index contributed by atoms with van der Waals surface area (Å²) in [5.74, 6) is 0.346. The Labute approximate surface area is 170 Å². The number of carbonyl (C=O) groups is 2. The second kappa shape index (κ2) is 8.97. The molecule has 2 fully saturated rings. The highest BCUT2D eigenvalue weighted by molar-refractivity contribution is 8.03. The van der Waals surface area contributed by atoms with Crippen molar-refractivity contribution >= 4 is 23.6 Å². The number of carbonyl (C=O) groups excluding carboxylic acids is 1. The number of carboxylic acid groups (broad SMARTS) is 1. The van der Waals surface area contributed by atoms with Gasteiger partial charge in [0, 0.05) is 24.5 Å². The van der Waals surface area contributed by atoms with Gasteiger partial charge in [0.1, 0.15) is 24.3 Å². The molecule has 28 heavy (non-hydrogen) atoms. The maximum atomic E-state index is 11.4. The number of amides is 1. The number of thioether (sulfide) groups is 1. The van der Waals surface area contributed by atoms with Gasteiger partial charge in [-0.1, -0.05) is 29.9 Å². The van der Waals surface area contributed by atoms with Crippen molar-refractivity contribution in [3.05, 3.63) is 58.7 Å². The number of nitrogens with one attached hydrogen (secondary N) is 2. The molecule has 5 nitrogen and oxygen atoms in total. The summed E-state index contributed by atoms with van der Waals surface area (Å²) in [6.07, 6.45) is 16.3. The van der Waals surface area contributed by atoms with Crippen LogP contribution in [0.4, 0.5) is 0 Å². The second-order valence-electron chi connectivity index (χ2n) is 7.62. The van der Waals surface area contributed by atoms with E-state index in [0.717, 1.165) is 6.54 Å². The maximum Gasteiger partial charge on any atom is 0.327 e. The van der Waals surface area contributed by atoms with Crippen molar-refractivity contribution in [3.8, 4) is 0 Å². The first-order valence-electron chi connectivity index (χ1n) is 9.79. The molecule has 2 aliphatic heterocycles. The molecule has 2 heterocycles. The number of allylic oxidation sites excluding steroid dienone is 7. The van der Waals surface area contributed by atoms with Gasteiger partial charge >= 0.3 is 5.97 Å². The third kappa shape index (κ3) is 4.67. The molecule has 0 aromatic rings. The Morgan fingerprint density at radius 3 is 2.86 bits per heavy atom. The van der Waals surface area contributed by atoms with Crippen molar-refractivity contribution in [2.75, 3.05) is 12.3 Å². The summed E-state index contributed by atoms with van der Waals surface area (Å²) in [7, 11) is 0. The van der Waals surface area contributed by atoms with E-state index in [0.29, 0.717) is 23.6 Å². The number of hydrogen-bond acceptors (Lipinski definition) is 3. The molecule has 1 amide bonds. The van der Waals surface area contributed by atoms with Gasteiger partial charge in [0.15, 0.2) is 0 Å². The highest BCUT2D eigenvalue weighted by atomic mass is 32.2. The first kappa shape index (κ1) is 20.7. The van der Waals surface area contributed by atoms with Gasteiger partial charge in [0.2, 0.25) is 5.91 Å². The molecule has 6 heteroatoms. The number of aliphatic carboxylic acids is 1. The van der Waals surface area contributed by atoms with Crippen LogP contribution in [0.3, 0.4) is 0 Å². The van der Waals surface area contributed by atoms with Crippen molar-refractivity contribution in [1.82, 2.24) is 5.32 Å². The fourth-order valence-electron chi connectivity index (χ4n) is 4.05. The summed E-state index contributed by atoms with van der Waals surface area (Å²) >= 11 is 1.55. The number of rotatable bonds is 8. The topological polar surface area (TPSA) is 70.8 Å². The van der Waals surface area contributed by atoms with Crippen LogP contribution in [0.15, 0.2) is 58.7 Å². The van der Waals surface area contributed by atoms with Crippen LogP contribution >= 0.6 is 11.8 Å². The van der Waals surface area contributed by atoms with Gasteiger partial charge in [-0.05, 0) is 38.5 Å². The lowest BCUT2D eigenvalue weighted by Gasteiger charge is -2.26. The quantitative estimate of drug-likeness (QED) is 0.545. The number of carboxylic acids is 1. The van der Waals surface area contributed by atoms with E-state index in [1.54, 1.807) is 11.8 Å². The molecule has 150 valence electrons. The molecule has 1 saturated carbocycles. The largest absolute Gasteiger partial charge is 0.480 e. The van der Waals surface area contributed by atoms with Gasteiger partial charge in [-0.25, -0.2) is 4.79 Å². The van der Waals surface area contributed by atoms with Crippen LogP contribution < -0.4 is 10.2 Å². The van der Waals surface area contributed by atoms with Crippen molar-refractivity contribution < 1.29 is 19.6 Å². The Kier molecular flexibility index (Phi) is 6.62. The molecule has 0 spiro atoms. The summed E-state index contributed by atoms with van der Waals surface area (Å²) < 4.78 is 0. The maximum absolute atomic E-state index is 11.4. The first-order chi connectivity index (χ1) is 13.4. The predicted octanol–water partition coefficient (Wildman–Crippen LogP) is 2.07. The molecule has 0 aromatic heterocycles. The molecule has 0 aromatic carbocycles. The van der Waals surface area contributed by atoms with Crippen LogP contribution in [0.5, 0.6) is 0 Å². The zero-order chi connectivity index (χ0) is 20.3. The van der Waals surface area contributed by atoms with Crippen molar-refractivity contribution in [3.63, 3.8) is 0 Å². The minimum absolute atomic E-state index is 0.313. The van der Waals surface area contributed by atoms with Crippen LogP contribution in [0.2, 0.25) is 0 Å². The molecule has 3 rings (SSSR count). The number of piperidine rings is 1. The van der Waals surface area contributed by atoms with Gasteiger partial charge < -0.3 is 10.4 Å². The van der Waals surface area contributed by atoms with E-state index in [1.165, 1.54) is 34.4 Å². The summed E-state index contributed by atoms with van der Waals surface area (Å²) in [6, 6.07) is -0.372. The predicted molar refractivity (Wildman–Crippen MR) is 113 cm³/mol. The van der Waals surface area contributed by atoms with E-state index in [1.807, 2.05) is 6.92 Å². The zero-order valence-corrected chi connectivity index (χ0v) is 17.5. The third-order valence-electron chi connectivity index (χ3n) is 5.62. The monoisotopic (exact) mass is 401 g/mol. The number of quaternary nitrogens is 1. The van der Waals surface area contributed by atoms with E-state index >= 15 is 0 Å². The Balaban J connectivity index is 1.69. The van der Waals surface area contributed by atoms with E-state index in [-0.39, 0.29) is 5.91 Å². The van der Waals surface area contributed by atoms with Gasteiger partial charge in [0.05, 0.1) is 4.91 Å². The van der Waals surface area contributed by atoms with Gasteiger partial charge in [-0.3, -0.25) is 9.69 Å². The number of fused-ring (bicyclic) bond motifs is 3. The van der Waals surface area contributed by atoms with E-state index < -0.39 is 12.0 Å². The fraction of sp³-hybridized carbons (Fsp3) is 0.455. The first-order valence-corrected chi connectivity index (χ1v) is 10.8. The number of hydrogen-bond donors (Lipinski definition) is 3. The second-order valence-corrected chi connectivity index (χ2v) is 8.68. The molecule has 1 aliphatic carbocycles. The Hall–Kier alpha value is -2.05. The normalized spacial score (nSPS) is 29.9. The van der Waals surface area contributed by atoms with Gasteiger partial charge in [-0.2, -0.15) is 0 Å². The smallest absolute Gasteiger partial charge is 0.327 e. The minimum Gasteiger partial charge on any atom is -0.480 e. The lowest BCUT2D eigenvalue weighted by atomic mass is 10.1. The molecular formula is C22H29N2O3S+.